The maximum Gasteiger partial charge on any atom is 0.328 e. The summed E-state index contributed by atoms with van der Waals surface area (Å²) in [6.07, 6.45) is 5.61. The maximum absolute atomic E-state index is 14.3. The molecule has 0 spiro atoms. The van der Waals surface area contributed by atoms with Crippen molar-refractivity contribution >= 4 is 34.4 Å². The Bertz CT molecular complexity index is 1320. The van der Waals surface area contributed by atoms with E-state index in [-0.39, 0.29) is 42.3 Å². The van der Waals surface area contributed by atoms with Crippen LogP contribution >= 0.6 is 11.6 Å². The number of carbonyl (C=O) groups is 2. The fourth-order valence-electron chi connectivity index (χ4n) is 5.98. The highest BCUT2D eigenvalue weighted by Gasteiger charge is 2.60. The summed E-state index contributed by atoms with van der Waals surface area (Å²) in [7, 11) is 0. The standard InChI is InChI=1S/C27H32ClFN4O4/c1-3-31(10-11-34)8-5-9-32-25(36)27(2)15-19-18-13-20(28)21(29)14-22(18)30-23(19)24(33(27)26(32)37)16-6-4-7-17(35)12-16/h6,12-14,24,30,34-35H,3-5,7-11,15H2,1-2H3/t24-,27+/m1/s1. The number of amides is 3. The van der Waals surface area contributed by atoms with E-state index < -0.39 is 17.4 Å². The molecule has 2 atom stereocenters. The van der Waals surface area contributed by atoms with Gasteiger partial charge in [0.25, 0.3) is 5.91 Å². The molecule has 1 aromatic heterocycles. The van der Waals surface area contributed by atoms with Gasteiger partial charge in [0.2, 0.25) is 0 Å². The lowest BCUT2D eigenvalue weighted by molar-refractivity contribution is -0.133. The van der Waals surface area contributed by atoms with Crippen LogP contribution in [0.5, 0.6) is 0 Å². The van der Waals surface area contributed by atoms with Crippen molar-refractivity contribution < 1.29 is 24.2 Å². The zero-order valence-corrected chi connectivity index (χ0v) is 21.8. The Morgan fingerprint density at radius 2 is 2.08 bits per heavy atom. The number of fused-ring (bicyclic) bond motifs is 4. The number of likely N-dealkylation sites (N-methyl/N-ethyl adjacent to an activating group) is 1. The number of hydrogen-bond donors (Lipinski definition) is 3. The van der Waals surface area contributed by atoms with Gasteiger partial charge in [0.1, 0.15) is 17.4 Å². The zero-order valence-electron chi connectivity index (χ0n) is 21.1. The highest BCUT2D eigenvalue weighted by atomic mass is 35.5. The van der Waals surface area contributed by atoms with E-state index in [4.69, 9.17) is 11.6 Å². The van der Waals surface area contributed by atoms with Gasteiger partial charge in [-0.25, -0.2) is 9.18 Å². The van der Waals surface area contributed by atoms with Crippen molar-refractivity contribution in [1.29, 1.82) is 0 Å². The number of aromatic amines is 1. The first-order valence-electron chi connectivity index (χ1n) is 12.8. The molecule has 37 heavy (non-hydrogen) atoms. The molecule has 1 saturated heterocycles. The van der Waals surface area contributed by atoms with E-state index in [0.29, 0.717) is 43.6 Å². The van der Waals surface area contributed by atoms with Crippen LogP contribution in [0.2, 0.25) is 5.02 Å². The predicted octanol–water partition coefficient (Wildman–Crippen LogP) is 4.45. The first kappa shape index (κ1) is 25.8. The van der Waals surface area contributed by atoms with Gasteiger partial charge < -0.3 is 20.1 Å². The molecule has 3 heterocycles. The smallest absolute Gasteiger partial charge is 0.328 e. The largest absolute Gasteiger partial charge is 0.512 e. The van der Waals surface area contributed by atoms with Crippen LogP contribution in [0.25, 0.3) is 10.9 Å². The lowest BCUT2D eigenvalue weighted by Crippen LogP contribution is -2.53. The van der Waals surface area contributed by atoms with Gasteiger partial charge in [0, 0.05) is 42.5 Å². The number of aliphatic hydroxyl groups excluding tert-OH is 2. The number of nitrogens with zero attached hydrogens (tertiary/aromatic N) is 3. The van der Waals surface area contributed by atoms with E-state index in [1.807, 2.05) is 13.0 Å². The van der Waals surface area contributed by atoms with E-state index in [1.165, 1.54) is 11.0 Å². The minimum Gasteiger partial charge on any atom is -0.512 e. The van der Waals surface area contributed by atoms with Gasteiger partial charge in [-0.1, -0.05) is 24.6 Å². The first-order chi connectivity index (χ1) is 17.7. The summed E-state index contributed by atoms with van der Waals surface area (Å²) in [6, 6.07) is 1.88. The van der Waals surface area contributed by atoms with Crippen molar-refractivity contribution in [3.8, 4) is 0 Å². The minimum absolute atomic E-state index is 0.00772. The number of imide groups is 1. The molecule has 2 aromatic rings. The Hall–Kier alpha value is -2.88. The highest BCUT2D eigenvalue weighted by molar-refractivity contribution is 6.31. The van der Waals surface area contributed by atoms with E-state index in [2.05, 4.69) is 9.88 Å². The molecule has 3 amide bonds. The lowest BCUT2D eigenvalue weighted by Gasteiger charge is -2.43. The van der Waals surface area contributed by atoms with Gasteiger partial charge in [0.15, 0.2) is 0 Å². The number of allylic oxidation sites excluding steroid dienone is 2. The molecule has 2 aliphatic heterocycles. The minimum atomic E-state index is -1.15. The molecule has 8 nitrogen and oxygen atoms in total. The third kappa shape index (κ3) is 4.23. The van der Waals surface area contributed by atoms with Gasteiger partial charge in [0.05, 0.1) is 17.4 Å². The number of nitrogens with one attached hydrogen (secondary N) is 1. The normalized spacial score (nSPS) is 23.6. The monoisotopic (exact) mass is 530 g/mol. The number of carbonyl (C=O) groups excluding carboxylic acids is 2. The molecular weight excluding hydrogens is 499 g/mol. The number of aromatic nitrogens is 1. The van der Waals surface area contributed by atoms with Crippen LogP contribution in [0.4, 0.5) is 9.18 Å². The second kappa shape index (κ2) is 9.78. The first-order valence-corrected chi connectivity index (χ1v) is 13.1. The third-order valence-electron chi connectivity index (χ3n) is 7.86. The van der Waals surface area contributed by atoms with Gasteiger partial charge in [-0.15, -0.1) is 0 Å². The predicted molar refractivity (Wildman–Crippen MR) is 139 cm³/mol. The molecule has 198 valence electrons. The van der Waals surface area contributed by atoms with E-state index in [0.717, 1.165) is 23.1 Å². The van der Waals surface area contributed by atoms with Crippen molar-refractivity contribution in [2.24, 2.45) is 0 Å². The van der Waals surface area contributed by atoms with Crippen LogP contribution < -0.4 is 0 Å². The number of hydrogen-bond acceptors (Lipinski definition) is 5. The number of aliphatic hydroxyl groups is 2. The van der Waals surface area contributed by atoms with Crippen LogP contribution in [0, 0.1) is 5.82 Å². The Labute approximate surface area is 220 Å². The second-order valence-corrected chi connectivity index (χ2v) is 10.6. The number of urea groups is 1. The summed E-state index contributed by atoms with van der Waals surface area (Å²) in [5, 5.41) is 20.3. The second-order valence-electron chi connectivity index (χ2n) is 10.2. The molecule has 1 fully saturated rings. The van der Waals surface area contributed by atoms with Gasteiger partial charge >= 0.3 is 6.03 Å². The van der Waals surface area contributed by atoms with Crippen LogP contribution in [-0.4, -0.2) is 80.2 Å². The molecule has 1 aliphatic carbocycles. The molecule has 0 radical (unpaired) electrons. The fraction of sp³-hybridized carbons (Fsp3) is 0.481. The SMILES string of the molecule is CCN(CCO)CCCN1C(=O)N2[C@H](C3=CCCC(O)=C3)c3[nH]c4cc(F)c(Cl)cc4c3C[C@@]2(C)C1=O. The number of benzene rings is 1. The third-order valence-corrected chi connectivity index (χ3v) is 8.15. The van der Waals surface area contributed by atoms with Crippen molar-refractivity contribution in [1.82, 2.24) is 19.7 Å². The van der Waals surface area contributed by atoms with Crippen LogP contribution in [-0.2, 0) is 11.2 Å². The van der Waals surface area contributed by atoms with Crippen molar-refractivity contribution in [2.75, 3.05) is 32.8 Å². The van der Waals surface area contributed by atoms with Gasteiger partial charge in [-0.05, 0) is 62.2 Å². The van der Waals surface area contributed by atoms with Crippen LogP contribution in [0.3, 0.4) is 0 Å². The Kier molecular flexibility index (Phi) is 6.81. The Balaban J connectivity index is 1.56. The quantitative estimate of drug-likeness (QED) is 0.438. The fourth-order valence-corrected chi connectivity index (χ4v) is 6.14. The summed E-state index contributed by atoms with van der Waals surface area (Å²) < 4.78 is 14.3. The molecule has 0 bridgehead atoms. The maximum atomic E-state index is 14.3. The van der Waals surface area contributed by atoms with Crippen LogP contribution in [0.1, 0.15) is 50.4 Å². The van der Waals surface area contributed by atoms with E-state index in [1.54, 1.807) is 24.0 Å². The topological polar surface area (TPSA) is 100 Å². The molecule has 3 aliphatic rings. The molecule has 0 unspecified atom stereocenters. The molecular formula is C27H32ClFN4O4. The summed E-state index contributed by atoms with van der Waals surface area (Å²) in [5.41, 5.74) is 1.64. The van der Waals surface area contributed by atoms with E-state index in [9.17, 15) is 24.2 Å². The highest BCUT2D eigenvalue weighted by Crippen LogP contribution is 2.50. The number of H-pyrrole nitrogens is 1. The summed E-state index contributed by atoms with van der Waals surface area (Å²) >= 11 is 6.13. The average molecular weight is 531 g/mol. The zero-order chi connectivity index (χ0) is 26.5. The average Bonchev–Trinajstić information content (AvgIpc) is 3.29. The van der Waals surface area contributed by atoms with Crippen LogP contribution in [0.15, 0.2) is 35.6 Å². The summed E-state index contributed by atoms with van der Waals surface area (Å²) in [4.78, 5) is 36.0. The van der Waals surface area contributed by atoms with Gasteiger partial charge in [-0.3, -0.25) is 14.6 Å². The molecule has 1 aromatic carbocycles. The number of rotatable bonds is 8. The molecule has 10 heteroatoms. The van der Waals surface area contributed by atoms with Crippen molar-refractivity contribution in [2.45, 2.75) is 51.1 Å². The number of halogens is 2. The van der Waals surface area contributed by atoms with E-state index >= 15 is 0 Å². The molecule has 3 N–H and O–H groups in total. The summed E-state index contributed by atoms with van der Waals surface area (Å²) in [6.45, 7) is 6.07. The van der Waals surface area contributed by atoms with Crippen molar-refractivity contribution in [3.63, 3.8) is 0 Å². The molecule has 5 rings (SSSR count). The molecule has 0 saturated carbocycles. The van der Waals surface area contributed by atoms with Gasteiger partial charge in [-0.2, -0.15) is 0 Å². The lowest BCUT2D eigenvalue weighted by atomic mass is 9.80. The Morgan fingerprint density at radius 1 is 1.30 bits per heavy atom. The summed E-state index contributed by atoms with van der Waals surface area (Å²) in [5.74, 6) is -0.605. The van der Waals surface area contributed by atoms with Crippen molar-refractivity contribution in [3.05, 3.63) is 57.7 Å². The Morgan fingerprint density at radius 3 is 2.78 bits per heavy atom.